The Morgan fingerprint density at radius 3 is 2.55 bits per heavy atom. The summed E-state index contributed by atoms with van der Waals surface area (Å²) in [5.74, 6) is 0.518. The molecule has 160 valence electrons. The van der Waals surface area contributed by atoms with E-state index in [1.165, 1.54) is 12.4 Å². The van der Waals surface area contributed by atoms with Gasteiger partial charge in [-0.15, -0.1) is 11.8 Å². The molecule has 0 bridgehead atoms. The summed E-state index contributed by atoms with van der Waals surface area (Å²) < 4.78 is 7.27. The number of thioether (sulfide) groups is 1. The van der Waals surface area contributed by atoms with Crippen LogP contribution in [-0.4, -0.2) is 57.9 Å². The number of nitrogens with two attached hydrogens (primary N) is 2. The van der Waals surface area contributed by atoms with E-state index in [4.69, 9.17) is 16.2 Å². The molecular formula is C22H24N6O2S. The average molecular weight is 437 g/mol. The number of hydrogen-bond acceptors (Lipinski definition) is 7. The van der Waals surface area contributed by atoms with Gasteiger partial charge in [-0.2, -0.15) is 0 Å². The lowest BCUT2D eigenvalue weighted by molar-refractivity contribution is 0.0303. The minimum Gasteiger partial charge on any atom is -0.405 e. The number of amides is 1. The number of ether oxygens (including phenoxy) is 1. The summed E-state index contributed by atoms with van der Waals surface area (Å²) >= 11 is 1.64. The van der Waals surface area contributed by atoms with Gasteiger partial charge in [-0.25, -0.2) is 9.97 Å². The zero-order chi connectivity index (χ0) is 21.8. The number of rotatable bonds is 5. The Kier molecular flexibility index (Phi) is 6.24. The number of carbonyl (C=O) groups excluding carboxylic acids is 1. The monoisotopic (exact) mass is 436 g/mol. The largest absolute Gasteiger partial charge is 0.405 e. The minimum absolute atomic E-state index is 0.00575. The van der Waals surface area contributed by atoms with E-state index in [1.807, 2.05) is 40.1 Å². The van der Waals surface area contributed by atoms with Gasteiger partial charge in [0, 0.05) is 64.9 Å². The Balaban J connectivity index is 1.74. The molecule has 0 spiro atoms. The molecule has 3 heterocycles. The van der Waals surface area contributed by atoms with Gasteiger partial charge in [-0.3, -0.25) is 9.36 Å². The van der Waals surface area contributed by atoms with Crippen LogP contribution in [0.2, 0.25) is 0 Å². The van der Waals surface area contributed by atoms with Crippen molar-refractivity contribution in [2.75, 3.05) is 32.6 Å². The van der Waals surface area contributed by atoms with Crippen molar-refractivity contribution in [3.63, 3.8) is 0 Å². The predicted octanol–water partition coefficient (Wildman–Crippen LogP) is 2.39. The first-order chi connectivity index (χ1) is 15.2. The zero-order valence-corrected chi connectivity index (χ0v) is 18.0. The van der Waals surface area contributed by atoms with Crippen LogP contribution in [0, 0.1) is 0 Å². The lowest BCUT2D eigenvalue weighted by atomic mass is 10.1. The molecule has 31 heavy (non-hydrogen) atoms. The van der Waals surface area contributed by atoms with Crippen LogP contribution in [0.5, 0.6) is 0 Å². The molecule has 0 unspecified atom stereocenters. The normalized spacial score (nSPS) is 15.1. The van der Waals surface area contributed by atoms with Crippen LogP contribution in [-0.2, 0) is 4.74 Å². The highest BCUT2D eigenvalue weighted by Crippen LogP contribution is 2.31. The number of aromatic nitrogens is 3. The molecule has 3 aromatic rings. The van der Waals surface area contributed by atoms with Gasteiger partial charge in [-0.05, 0) is 30.7 Å². The van der Waals surface area contributed by atoms with Gasteiger partial charge in [0.25, 0.3) is 5.91 Å². The highest BCUT2D eigenvalue weighted by Gasteiger charge is 2.20. The maximum atomic E-state index is 13.0. The van der Waals surface area contributed by atoms with Crippen LogP contribution in [0.4, 0.5) is 0 Å². The van der Waals surface area contributed by atoms with Gasteiger partial charge in [-0.1, -0.05) is 6.07 Å². The molecule has 2 aromatic heterocycles. The molecule has 0 saturated carbocycles. The Morgan fingerprint density at radius 1 is 1.16 bits per heavy atom. The Bertz CT molecular complexity index is 1150. The van der Waals surface area contributed by atoms with Crippen LogP contribution >= 0.6 is 11.8 Å². The van der Waals surface area contributed by atoms with E-state index >= 15 is 0 Å². The van der Waals surface area contributed by atoms with E-state index in [1.54, 1.807) is 30.2 Å². The van der Waals surface area contributed by atoms with Crippen molar-refractivity contribution in [2.45, 2.75) is 4.90 Å². The van der Waals surface area contributed by atoms with Crippen molar-refractivity contribution in [3.05, 3.63) is 66.4 Å². The number of fused-ring (bicyclic) bond motifs is 1. The number of nitrogens with zero attached hydrogens (tertiary/aromatic N) is 4. The second kappa shape index (κ2) is 9.23. The van der Waals surface area contributed by atoms with Crippen molar-refractivity contribution in [1.29, 1.82) is 0 Å². The van der Waals surface area contributed by atoms with Crippen molar-refractivity contribution < 1.29 is 9.53 Å². The molecule has 0 aliphatic carbocycles. The van der Waals surface area contributed by atoms with Crippen LogP contribution in [0.1, 0.15) is 15.9 Å². The van der Waals surface area contributed by atoms with Gasteiger partial charge in [0.2, 0.25) is 5.95 Å². The third-order valence-corrected chi connectivity index (χ3v) is 5.94. The van der Waals surface area contributed by atoms with Crippen molar-refractivity contribution in [2.24, 2.45) is 11.5 Å². The third kappa shape index (κ3) is 4.14. The summed E-state index contributed by atoms with van der Waals surface area (Å²) in [4.78, 5) is 24.9. The molecule has 1 aliphatic rings. The summed E-state index contributed by atoms with van der Waals surface area (Å²) in [6, 6.07) is 5.78. The lowest BCUT2D eigenvalue weighted by Crippen LogP contribution is -2.40. The van der Waals surface area contributed by atoms with E-state index in [2.05, 4.69) is 9.97 Å². The first kappa shape index (κ1) is 21.0. The number of hydrogen-bond donors (Lipinski definition) is 2. The Labute approximate surface area is 184 Å². The molecular weight excluding hydrogens is 412 g/mol. The summed E-state index contributed by atoms with van der Waals surface area (Å²) in [7, 11) is 0. The van der Waals surface area contributed by atoms with Gasteiger partial charge in [0.1, 0.15) is 0 Å². The van der Waals surface area contributed by atoms with E-state index in [0.717, 1.165) is 26.9 Å². The van der Waals surface area contributed by atoms with E-state index < -0.39 is 0 Å². The quantitative estimate of drug-likeness (QED) is 0.466. The molecule has 1 fully saturated rings. The molecule has 1 aromatic carbocycles. The molecule has 0 atom stereocenters. The predicted molar refractivity (Wildman–Crippen MR) is 123 cm³/mol. The molecule has 4 N–H and O–H groups in total. The number of benzene rings is 1. The van der Waals surface area contributed by atoms with Crippen molar-refractivity contribution in [3.8, 4) is 5.95 Å². The molecule has 0 radical (unpaired) electrons. The van der Waals surface area contributed by atoms with E-state index in [-0.39, 0.29) is 5.91 Å². The SMILES string of the molecule is CSc1cn(-c2ncc(C(/C=C\N)=C/N)cn2)c2cc(C(=O)N3CCOCC3)ccc12. The first-order valence-electron chi connectivity index (χ1n) is 9.85. The Hall–Kier alpha value is -3.30. The maximum Gasteiger partial charge on any atom is 0.254 e. The highest BCUT2D eigenvalue weighted by atomic mass is 32.2. The lowest BCUT2D eigenvalue weighted by Gasteiger charge is -2.26. The van der Waals surface area contributed by atoms with Crippen LogP contribution in [0.15, 0.2) is 60.2 Å². The van der Waals surface area contributed by atoms with Gasteiger partial charge in [0.05, 0.1) is 18.7 Å². The molecule has 4 rings (SSSR count). The fraction of sp³-hybridized carbons (Fsp3) is 0.227. The highest BCUT2D eigenvalue weighted by molar-refractivity contribution is 7.98. The standard InChI is InChI=1S/C22H24N6O2S/c1-31-20-14-28(22-25-12-17(13-26-22)16(11-24)4-5-23)19-10-15(2-3-18(19)20)21(29)27-6-8-30-9-7-27/h2-5,10-14H,6-9,23-24H2,1H3/b5-4-,16-11+. The summed E-state index contributed by atoms with van der Waals surface area (Å²) in [6.45, 7) is 2.35. The van der Waals surface area contributed by atoms with Gasteiger partial charge >= 0.3 is 0 Å². The van der Waals surface area contributed by atoms with Crippen LogP contribution in [0.3, 0.4) is 0 Å². The average Bonchev–Trinajstić information content (AvgIpc) is 3.20. The zero-order valence-electron chi connectivity index (χ0n) is 17.2. The van der Waals surface area contributed by atoms with Crippen molar-refractivity contribution >= 4 is 34.1 Å². The molecule has 8 nitrogen and oxygen atoms in total. The van der Waals surface area contributed by atoms with Crippen LogP contribution in [0.25, 0.3) is 22.4 Å². The minimum atomic E-state index is 0.00575. The Morgan fingerprint density at radius 2 is 1.90 bits per heavy atom. The smallest absolute Gasteiger partial charge is 0.254 e. The second-order valence-corrected chi connectivity index (χ2v) is 7.80. The molecule has 1 aliphatic heterocycles. The first-order valence-corrected chi connectivity index (χ1v) is 11.1. The number of morpholine rings is 1. The third-order valence-electron chi connectivity index (χ3n) is 5.18. The summed E-state index contributed by atoms with van der Waals surface area (Å²) in [5.41, 5.74) is 14.2. The van der Waals surface area contributed by atoms with E-state index in [9.17, 15) is 4.79 Å². The molecule has 1 amide bonds. The second-order valence-electron chi connectivity index (χ2n) is 6.96. The van der Waals surface area contributed by atoms with Gasteiger partial charge < -0.3 is 21.1 Å². The number of carbonyl (C=O) groups is 1. The maximum absolute atomic E-state index is 13.0. The fourth-order valence-corrected chi connectivity index (χ4v) is 4.16. The van der Waals surface area contributed by atoms with Gasteiger partial charge in [0.15, 0.2) is 0 Å². The number of allylic oxidation sites excluding steroid dienone is 2. The van der Waals surface area contributed by atoms with Crippen LogP contribution < -0.4 is 11.5 Å². The fourth-order valence-electron chi connectivity index (χ4n) is 3.55. The van der Waals surface area contributed by atoms with Crippen molar-refractivity contribution in [1.82, 2.24) is 19.4 Å². The topological polar surface area (TPSA) is 112 Å². The molecule has 9 heteroatoms. The molecule has 1 saturated heterocycles. The summed E-state index contributed by atoms with van der Waals surface area (Å²) in [5, 5.41) is 1.05. The van der Waals surface area contributed by atoms with E-state index in [0.29, 0.717) is 37.8 Å². The summed E-state index contributed by atoms with van der Waals surface area (Å²) in [6.07, 6.45) is 12.0.